The second-order valence-corrected chi connectivity index (χ2v) is 7.22. The third-order valence-electron chi connectivity index (χ3n) is 5.29. The molecule has 3 aromatic rings. The van der Waals surface area contributed by atoms with Crippen molar-refractivity contribution in [2.45, 2.75) is 26.3 Å². The summed E-state index contributed by atoms with van der Waals surface area (Å²) in [5.41, 5.74) is 1.51. The summed E-state index contributed by atoms with van der Waals surface area (Å²) in [5, 5.41) is 4.98. The van der Waals surface area contributed by atoms with E-state index in [1.54, 1.807) is 28.4 Å². The Hall–Kier alpha value is -2.96. The fraction of sp³-hybridized carbons (Fsp3) is 0.400. The van der Waals surface area contributed by atoms with Gasteiger partial charge < -0.3 is 4.90 Å². The molecule has 1 aromatic carbocycles. The van der Waals surface area contributed by atoms with Gasteiger partial charge in [-0.1, -0.05) is 12.1 Å². The van der Waals surface area contributed by atoms with Crippen molar-refractivity contribution in [2.75, 3.05) is 18.0 Å². The van der Waals surface area contributed by atoms with Crippen molar-refractivity contribution in [1.82, 2.24) is 19.3 Å². The largest absolute Gasteiger partial charge is 0.342 e. The van der Waals surface area contributed by atoms with Crippen LogP contribution in [0.3, 0.4) is 0 Å². The van der Waals surface area contributed by atoms with Crippen LogP contribution in [-0.4, -0.2) is 32.4 Å². The molecule has 0 bridgehead atoms. The Morgan fingerprint density at radius 3 is 2.59 bits per heavy atom. The minimum atomic E-state index is -0.0541. The van der Waals surface area contributed by atoms with Crippen LogP contribution >= 0.6 is 0 Å². The van der Waals surface area contributed by atoms with Crippen molar-refractivity contribution in [3.8, 4) is 0 Å². The van der Waals surface area contributed by atoms with Crippen LogP contribution in [0.25, 0.3) is 10.9 Å². The Balaban J connectivity index is 1.52. The van der Waals surface area contributed by atoms with Crippen LogP contribution in [0.15, 0.2) is 46.0 Å². The highest BCUT2D eigenvalue weighted by molar-refractivity contribution is 5.78. The van der Waals surface area contributed by atoms with Gasteiger partial charge in [-0.2, -0.15) is 5.10 Å². The first kappa shape index (κ1) is 17.5. The van der Waals surface area contributed by atoms with E-state index in [2.05, 4.69) is 10.00 Å². The Morgan fingerprint density at radius 1 is 1.07 bits per heavy atom. The molecule has 0 aliphatic carbocycles. The molecule has 2 aromatic heterocycles. The number of piperidine rings is 1. The third-order valence-corrected chi connectivity index (χ3v) is 5.29. The van der Waals surface area contributed by atoms with Crippen LogP contribution in [0, 0.1) is 12.8 Å². The smallest absolute Gasteiger partial charge is 0.266 e. The van der Waals surface area contributed by atoms with Crippen molar-refractivity contribution in [2.24, 2.45) is 13.0 Å². The first-order valence-electron chi connectivity index (χ1n) is 9.28. The van der Waals surface area contributed by atoms with E-state index in [4.69, 9.17) is 4.98 Å². The fourth-order valence-corrected chi connectivity index (χ4v) is 3.73. The molecule has 0 saturated carbocycles. The lowest BCUT2D eigenvalue weighted by atomic mass is 9.97. The van der Waals surface area contributed by atoms with Crippen molar-refractivity contribution in [1.29, 1.82) is 0 Å². The SMILES string of the molecule is Cc1ccc(=O)n(CC2CCN(c3nc4ccccc4c(=O)n3C)CC2)n1. The number of hydrogen-bond donors (Lipinski definition) is 0. The van der Waals surface area contributed by atoms with Gasteiger partial charge in [0, 0.05) is 32.7 Å². The lowest BCUT2D eigenvalue weighted by Crippen LogP contribution is -2.40. The number of anilines is 1. The molecule has 0 unspecified atom stereocenters. The molecule has 0 radical (unpaired) electrons. The van der Waals surface area contributed by atoms with Gasteiger partial charge in [0.2, 0.25) is 5.95 Å². The summed E-state index contributed by atoms with van der Waals surface area (Å²) in [6.07, 6.45) is 1.87. The minimum Gasteiger partial charge on any atom is -0.342 e. The summed E-state index contributed by atoms with van der Waals surface area (Å²) in [6, 6.07) is 10.8. The van der Waals surface area contributed by atoms with Crippen molar-refractivity contribution >= 4 is 16.9 Å². The maximum atomic E-state index is 12.6. The van der Waals surface area contributed by atoms with Crippen molar-refractivity contribution in [3.05, 3.63) is 62.8 Å². The molecule has 0 atom stereocenters. The second-order valence-electron chi connectivity index (χ2n) is 7.22. The number of aromatic nitrogens is 4. The zero-order chi connectivity index (χ0) is 19.0. The lowest BCUT2D eigenvalue weighted by Gasteiger charge is -2.33. The van der Waals surface area contributed by atoms with Gasteiger partial charge in [0.15, 0.2) is 0 Å². The predicted octanol–water partition coefficient (Wildman–Crippen LogP) is 1.72. The number of fused-ring (bicyclic) bond motifs is 1. The van der Waals surface area contributed by atoms with Gasteiger partial charge in [0.25, 0.3) is 11.1 Å². The van der Waals surface area contributed by atoms with E-state index in [1.165, 1.54) is 0 Å². The van der Waals surface area contributed by atoms with Gasteiger partial charge in [-0.05, 0) is 43.9 Å². The van der Waals surface area contributed by atoms with Crippen molar-refractivity contribution in [3.63, 3.8) is 0 Å². The zero-order valence-electron chi connectivity index (χ0n) is 15.6. The van der Waals surface area contributed by atoms with E-state index in [0.717, 1.165) is 37.1 Å². The van der Waals surface area contributed by atoms with E-state index in [-0.39, 0.29) is 11.1 Å². The molecule has 7 nitrogen and oxygen atoms in total. The van der Waals surface area contributed by atoms with Crippen LogP contribution in [0.4, 0.5) is 5.95 Å². The topological polar surface area (TPSA) is 73.0 Å². The van der Waals surface area contributed by atoms with Gasteiger partial charge in [-0.25, -0.2) is 9.67 Å². The summed E-state index contributed by atoms with van der Waals surface area (Å²) in [4.78, 5) is 31.5. The highest BCUT2D eigenvalue weighted by Gasteiger charge is 2.23. The molecule has 3 heterocycles. The van der Waals surface area contributed by atoms with Crippen LogP contribution in [0.1, 0.15) is 18.5 Å². The highest BCUT2D eigenvalue weighted by Crippen LogP contribution is 2.23. The average Bonchev–Trinajstić information content (AvgIpc) is 2.68. The summed E-state index contributed by atoms with van der Waals surface area (Å²) in [6.45, 7) is 4.15. The third kappa shape index (κ3) is 3.37. The molecule has 7 heteroatoms. The normalized spacial score (nSPS) is 15.4. The molecule has 1 aliphatic rings. The van der Waals surface area contributed by atoms with Gasteiger partial charge in [-0.15, -0.1) is 0 Å². The van der Waals surface area contributed by atoms with Crippen LogP contribution < -0.4 is 16.0 Å². The molecule has 4 rings (SSSR count). The molecule has 1 fully saturated rings. The first-order valence-corrected chi connectivity index (χ1v) is 9.28. The van der Waals surface area contributed by atoms with Crippen LogP contribution in [-0.2, 0) is 13.6 Å². The van der Waals surface area contributed by atoms with E-state index in [1.807, 2.05) is 31.2 Å². The summed E-state index contributed by atoms with van der Waals surface area (Å²) in [5.74, 6) is 1.11. The van der Waals surface area contributed by atoms with Gasteiger partial charge >= 0.3 is 0 Å². The number of benzene rings is 1. The standard InChI is InChI=1S/C20H23N5O2/c1-14-7-8-18(26)25(22-14)13-15-9-11-24(12-10-15)20-21-17-6-4-3-5-16(17)19(27)23(20)2/h3-8,15H,9-13H2,1-2H3. The minimum absolute atomic E-state index is 0.0202. The lowest BCUT2D eigenvalue weighted by molar-refractivity contribution is 0.331. The number of nitrogens with zero attached hydrogens (tertiary/aromatic N) is 5. The summed E-state index contributed by atoms with van der Waals surface area (Å²) >= 11 is 0. The molecule has 27 heavy (non-hydrogen) atoms. The molecule has 1 aliphatic heterocycles. The number of rotatable bonds is 3. The molecule has 0 amide bonds. The van der Waals surface area contributed by atoms with E-state index in [9.17, 15) is 9.59 Å². The van der Waals surface area contributed by atoms with E-state index >= 15 is 0 Å². The van der Waals surface area contributed by atoms with Gasteiger partial charge in [-0.3, -0.25) is 14.2 Å². The highest BCUT2D eigenvalue weighted by atomic mass is 16.1. The second kappa shape index (κ2) is 6.98. The molecule has 1 saturated heterocycles. The Bertz CT molecular complexity index is 1090. The summed E-state index contributed by atoms with van der Waals surface area (Å²) in [7, 11) is 1.78. The van der Waals surface area contributed by atoms with Gasteiger partial charge in [0.1, 0.15) is 0 Å². The van der Waals surface area contributed by atoms with Gasteiger partial charge in [0.05, 0.1) is 16.6 Å². The van der Waals surface area contributed by atoms with E-state index < -0.39 is 0 Å². The number of para-hydroxylation sites is 1. The molecular weight excluding hydrogens is 342 g/mol. The fourth-order valence-electron chi connectivity index (χ4n) is 3.73. The van der Waals surface area contributed by atoms with Crippen LogP contribution in [0.5, 0.6) is 0 Å². The Kier molecular flexibility index (Phi) is 4.51. The maximum absolute atomic E-state index is 12.6. The maximum Gasteiger partial charge on any atom is 0.266 e. The first-order chi connectivity index (χ1) is 13.0. The molecule has 0 N–H and O–H groups in total. The number of aryl methyl sites for hydroxylation is 1. The Labute approximate surface area is 156 Å². The van der Waals surface area contributed by atoms with Crippen LogP contribution in [0.2, 0.25) is 0 Å². The molecule has 0 spiro atoms. The monoisotopic (exact) mass is 365 g/mol. The molecule has 140 valence electrons. The molecular formula is C20H23N5O2. The average molecular weight is 365 g/mol. The van der Waals surface area contributed by atoms with Crippen molar-refractivity contribution < 1.29 is 0 Å². The Morgan fingerprint density at radius 2 is 1.81 bits per heavy atom. The summed E-state index contributed by atoms with van der Waals surface area (Å²) < 4.78 is 3.20. The number of hydrogen-bond acceptors (Lipinski definition) is 5. The quantitative estimate of drug-likeness (QED) is 0.707. The zero-order valence-corrected chi connectivity index (χ0v) is 15.6. The predicted molar refractivity (Wildman–Crippen MR) is 105 cm³/mol. The van der Waals surface area contributed by atoms with E-state index in [0.29, 0.717) is 23.8 Å².